The van der Waals surface area contributed by atoms with Gasteiger partial charge in [-0.25, -0.2) is 9.78 Å². The zero-order valence-corrected chi connectivity index (χ0v) is 13.3. The Labute approximate surface area is 138 Å². The van der Waals surface area contributed by atoms with Gasteiger partial charge in [0.05, 0.1) is 21.8 Å². The van der Waals surface area contributed by atoms with Gasteiger partial charge in [-0.05, 0) is 40.2 Å². The lowest BCUT2D eigenvalue weighted by atomic mass is 10.2. The van der Waals surface area contributed by atoms with Crippen LogP contribution in [0.2, 0.25) is 10.2 Å². The van der Waals surface area contributed by atoms with E-state index in [4.69, 9.17) is 28.3 Å². The standard InChI is InChI=1S/C13H7BrCl2N2O3/c14-8-2-1-6(13(20)21)3-10(8)18-12(19)7-4-11(16)17-5-9(7)15/h1-5H,(H,18,19)(H,20,21). The molecule has 1 amide bonds. The minimum Gasteiger partial charge on any atom is -0.478 e. The Morgan fingerprint density at radius 2 is 1.95 bits per heavy atom. The van der Waals surface area contributed by atoms with Crippen LogP contribution in [0.25, 0.3) is 0 Å². The molecule has 0 aliphatic heterocycles. The maximum atomic E-state index is 12.2. The first kappa shape index (κ1) is 15.8. The van der Waals surface area contributed by atoms with Crippen LogP contribution < -0.4 is 5.32 Å². The summed E-state index contributed by atoms with van der Waals surface area (Å²) in [5.74, 6) is -1.62. The molecule has 0 radical (unpaired) electrons. The average molecular weight is 390 g/mol. The third-order valence-corrected chi connectivity index (χ3v) is 3.73. The molecule has 2 N–H and O–H groups in total. The van der Waals surface area contributed by atoms with Gasteiger partial charge in [-0.2, -0.15) is 0 Å². The van der Waals surface area contributed by atoms with Crippen molar-refractivity contribution in [2.24, 2.45) is 0 Å². The zero-order chi connectivity index (χ0) is 15.6. The van der Waals surface area contributed by atoms with Crippen LogP contribution >= 0.6 is 39.1 Å². The van der Waals surface area contributed by atoms with Crippen molar-refractivity contribution in [2.45, 2.75) is 0 Å². The highest BCUT2D eigenvalue weighted by Crippen LogP contribution is 2.26. The summed E-state index contributed by atoms with van der Waals surface area (Å²) in [5.41, 5.74) is 0.501. The van der Waals surface area contributed by atoms with Gasteiger partial charge in [0.1, 0.15) is 5.15 Å². The highest BCUT2D eigenvalue weighted by Gasteiger charge is 2.14. The number of rotatable bonds is 3. The second-order valence-electron chi connectivity index (χ2n) is 3.94. The van der Waals surface area contributed by atoms with E-state index in [1.807, 2.05) is 0 Å². The molecule has 2 rings (SSSR count). The lowest BCUT2D eigenvalue weighted by Gasteiger charge is -2.09. The number of aromatic nitrogens is 1. The van der Waals surface area contributed by atoms with Crippen molar-refractivity contribution in [1.29, 1.82) is 0 Å². The van der Waals surface area contributed by atoms with Crippen molar-refractivity contribution in [3.8, 4) is 0 Å². The smallest absolute Gasteiger partial charge is 0.335 e. The summed E-state index contributed by atoms with van der Waals surface area (Å²) in [5, 5.41) is 11.8. The lowest BCUT2D eigenvalue weighted by Crippen LogP contribution is -2.13. The Bertz CT molecular complexity index is 737. The fourth-order valence-corrected chi connectivity index (χ4v) is 2.22. The molecule has 21 heavy (non-hydrogen) atoms. The van der Waals surface area contributed by atoms with E-state index in [1.54, 1.807) is 0 Å². The number of aromatic carboxylic acids is 1. The van der Waals surface area contributed by atoms with Crippen LogP contribution in [0.5, 0.6) is 0 Å². The Hall–Kier alpha value is -1.63. The van der Waals surface area contributed by atoms with E-state index >= 15 is 0 Å². The summed E-state index contributed by atoms with van der Waals surface area (Å²) in [6.07, 6.45) is 1.27. The van der Waals surface area contributed by atoms with Crippen molar-refractivity contribution in [2.75, 3.05) is 5.32 Å². The molecule has 1 aromatic heterocycles. The van der Waals surface area contributed by atoms with Gasteiger partial charge in [-0.15, -0.1) is 0 Å². The van der Waals surface area contributed by atoms with E-state index < -0.39 is 11.9 Å². The van der Waals surface area contributed by atoms with E-state index in [0.29, 0.717) is 10.2 Å². The van der Waals surface area contributed by atoms with Gasteiger partial charge in [0.25, 0.3) is 5.91 Å². The van der Waals surface area contributed by atoms with Crippen LogP contribution in [-0.4, -0.2) is 22.0 Å². The molecule has 1 heterocycles. The Morgan fingerprint density at radius 1 is 1.24 bits per heavy atom. The van der Waals surface area contributed by atoms with Crippen LogP contribution in [0.4, 0.5) is 5.69 Å². The number of carbonyl (C=O) groups is 2. The van der Waals surface area contributed by atoms with Gasteiger partial charge < -0.3 is 10.4 Å². The fourth-order valence-electron chi connectivity index (χ4n) is 1.53. The summed E-state index contributed by atoms with van der Waals surface area (Å²) in [6.45, 7) is 0. The predicted octanol–water partition coefficient (Wildman–Crippen LogP) is 4.10. The molecule has 0 atom stereocenters. The van der Waals surface area contributed by atoms with Crippen LogP contribution in [0.3, 0.4) is 0 Å². The number of carbonyl (C=O) groups excluding carboxylic acids is 1. The third kappa shape index (κ3) is 3.72. The number of carboxylic acid groups (broad SMARTS) is 1. The van der Waals surface area contributed by atoms with E-state index in [0.717, 1.165) is 0 Å². The van der Waals surface area contributed by atoms with Crippen molar-refractivity contribution in [3.05, 3.63) is 56.2 Å². The maximum absolute atomic E-state index is 12.2. The molecule has 8 heteroatoms. The van der Waals surface area contributed by atoms with Crippen molar-refractivity contribution in [1.82, 2.24) is 4.98 Å². The molecule has 0 fully saturated rings. The molecule has 0 aliphatic rings. The van der Waals surface area contributed by atoms with E-state index in [9.17, 15) is 9.59 Å². The average Bonchev–Trinajstić information content (AvgIpc) is 2.43. The van der Waals surface area contributed by atoms with Gasteiger partial charge in [0.2, 0.25) is 0 Å². The summed E-state index contributed by atoms with van der Waals surface area (Å²) < 4.78 is 0.539. The third-order valence-electron chi connectivity index (χ3n) is 2.53. The van der Waals surface area contributed by atoms with Crippen molar-refractivity contribution in [3.63, 3.8) is 0 Å². The quantitative estimate of drug-likeness (QED) is 0.774. The molecule has 0 aliphatic carbocycles. The molecule has 0 spiro atoms. The van der Waals surface area contributed by atoms with Crippen molar-refractivity contribution >= 4 is 56.7 Å². The second-order valence-corrected chi connectivity index (χ2v) is 5.59. The highest BCUT2D eigenvalue weighted by atomic mass is 79.9. The molecular weight excluding hydrogens is 383 g/mol. The number of halogens is 3. The number of nitrogens with one attached hydrogen (secondary N) is 1. The molecular formula is C13H7BrCl2N2O3. The van der Waals surface area contributed by atoms with E-state index in [-0.39, 0.29) is 21.3 Å². The number of pyridine rings is 1. The van der Waals surface area contributed by atoms with E-state index in [1.165, 1.54) is 30.5 Å². The molecule has 0 unspecified atom stereocenters. The molecule has 1 aromatic carbocycles. The minimum absolute atomic E-state index is 0.0485. The van der Waals surface area contributed by atoms with Crippen molar-refractivity contribution < 1.29 is 14.7 Å². The first-order valence-corrected chi connectivity index (χ1v) is 7.08. The fraction of sp³-hybridized carbons (Fsp3) is 0. The lowest BCUT2D eigenvalue weighted by molar-refractivity contribution is 0.0696. The van der Waals surface area contributed by atoms with Gasteiger partial charge >= 0.3 is 5.97 Å². The Kier molecular flexibility index (Phi) is 4.82. The Morgan fingerprint density at radius 3 is 2.62 bits per heavy atom. The van der Waals surface area contributed by atoms with Gasteiger partial charge in [0.15, 0.2) is 0 Å². The predicted molar refractivity (Wildman–Crippen MR) is 83.3 cm³/mol. The number of anilines is 1. The van der Waals surface area contributed by atoms with Crippen LogP contribution in [-0.2, 0) is 0 Å². The number of benzene rings is 1. The van der Waals surface area contributed by atoms with Crippen LogP contribution in [0.15, 0.2) is 34.9 Å². The first-order valence-electron chi connectivity index (χ1n) is 5.53. The van der Waals surface area contributed by atoms with Crippen LogP contribution in [0, 0.1) is 0 Å². The number of hydrogen-bond acceptors (Lipinski definition) is 3. The van der Waals surface area contributed by atoms with E-state index in [2.05, 4.69) is 26.2 Å². The molecule has 0 bridgehead atoms. The normalized spacial score (nSPS) is 10.2. The molecule has 108 valence electrons. The number of amides is 1. The number of hydrogen-bond donors (Lipinski definition) is 2. The summed E-state index contributed by atoms with van der Waals surface area (Å²) in [4.78, 5) is 26.9. The topological polar surface area (TPSA) is 79.3 Å². The summed E-state index contributed by atoms with van der Waals surface area (Å²) in [7, 11) is 0. The SMILES string of the molecule is O=C(O)c1ccc(Br)c(NC(=O)c2cc(Cl)ncc2Cl)c1. The molecule has 5 nitrogen and oxygen atoms in total. The Balaban J connectivity index is 2.33. The number of nitrogens with zero attached hydrogens (tertiary/aromatic N) is 1. The molecule has 2 aromatic rings. The molecule has 0 saturated heterocycles. The maximum Gasteiger partial charge on any atom is 0.335 e. The van der Waals surface area contributed by atoms with Gasteiger partial charge in [-0.3, -0.25) is 4.79 Å². The van der Waals surface area contributed by atoms with Gasteiger partial charge in [0, 0.05) is 10.7 Å². The molecule has 0 saturated carbocycles. The largest absolute Gasteiger partial charge is 0.478 e. The number of carboxylic acids is 1. The monoisotopic (exact) mass is 388 g/mol. The zero-order valence-electron chi connectivity index (χ0n) is 10.2. The van der Waals surface area contributed by atoms with Gasteiger partial charge in [-0.1, -0.05) is 23.2 Å². The second kappa shape index (κ2) is 6.43. The summed E-state index contributed by atoms with van der Waals surface area (Å²) >= 11 is 14.9. The first-order chi connectivity index (χ1) is 9.88. The minimum atomic E-state index is -1.09. The van der Waals surface area contributed by atoms with Crippen LogP contribution in [0.1, 0.15) is 20.7 Å². The summed E-state index contributed by atoms with van der Waals surface area (Å²) in [6, 6.07) is 5.60. The highest BCUT2D eigenvalue weighted by molar-refractivity contribution is 9.10.